The first-order chi connectivity index (χ1) is 6.74. The van der Waals surface area contributed by atoms with Crippen LogP contribution in [-0.2, 0) is 4.74 Å². The number of rotatable bonds is 5. The standard InChI is InChI=1S/C12H17NO/c1-4-5-9-14-11(3)12-8-6-7-10(2)13-12/h6-8H,3-5,9H2,1-2H3. The highest BCUT2D eigenvalue weighted by Crippen LogP contribution is 2.11. The summed E-state index contributed by atoms with van der Waals surface area (Å²) < 4.78 is 5.47. The maximum absolute atomic E-state index is 5.47. The zero-order valence-electron chi connectivity index (χ0n) is 8.92. The maximum atomic E-state index is 5.47. The summed E-state index contributed by atoms with van der Waals surface area (Å²) in [4.78, 5) is 4.33. The molecule has 0 saturated carbocycles. The number of unbranched alkanes of at least 4 members (excludes halogenated alkanes) is 1. The van der Waals surface area contributed by atoms with Gasteiger partial charge in [0.2, 0.25) is 0 Å². The largest absolute Gasteiger partial charge is 0.492 e. The van der Waals surface area contributed by atoms with E-state index in [0.717, 1.165) is 30.8 Å². The van der Waals surface area contributed by atoms with Gasteiger partial charge in [-0.1, -0.05) is 26.0 Å². The second kappa shape index (κ2) is 5.43. The second-order valence-electron chi connectivity index (χ2n) is 3.29. The molecule has 76 valence electrons. The van der Waals surface area contributed by atoms with Crippen molar-refractivity contribution in [3.63, 3.8) is 0 Å². The van der Waals surface area contributed by atoms with E-state index in [2.05, 4.69) is 18.5 Å². The van der Waals surface area contributed by atoms with Gasteiger partial charge in [-0.15, -0.1) is 0 Å². The van der Waals surface area contributed by atoms with Gasteiger partial charge in [0, 0.05) is 5.69 Å². The average Bonchev–Trinajstić information content (AvgIpc) is 2.18. The molecule has 0 unspecified atom stereocenters. The predicted molar refractivity (Wildman–Crippen MR) is 58.9 cm³/mol. The van der Waals surface area contributed by atoms with Gasteiger partial charge in [-0.3, -0.25) is 0 Å². The van der Waals surface area contributed by atoms with Crippen molar-refractivity contribution in [2.24, 2.45) is 0 Å². The smallest absolute Gasteiger partial charge is 0.137 e. The Morgan fingerprint density at radius 3 is 2.93 bits per heavy atom. The van der Waals surface area contributed by atoms with E-state index in [1.54, 1.807) is 0 Å². The van der Waals surface area contributed by atoms with Crippen LogP contribution < -0.4 is 0 Å². The molecule has 0 aromatic carbocycles. The monoisotopic (exact) mass is 191 g/mol. The molecule has 1 aromatic rings. The summed E-state index contributed by atoms with van der Waals surface area (Å²) in [6, 6.07) is 5.84. The summed E-state index contributed by atoms with van der Waals surface area (Å²) in [6.07, 6.45) is 2.19. The van der Waals surface area contributed by atoms with Crippen LogP contribution in [0.2, 0.25) is 0 Å². The van der Waals surface area contributed by atoms with E-state index in [0.29, 0.717) is 5.76 Å². The van der Waals surface area contributed by atoms with Crippen molar-refractivity contribution >= 4 is 5.76 Å². The zero-order valence-corrected chi connectivity index (χ0v) is 8.92. The Bertz CT molecular complexity index is 307. The summed E-state index contributed by atoms with van der Waals surface area (Å²) in [7, 11) is 0. The van der Waals surface area contributed by atoms with Gasteiger partial charge in [0.05, 0.1) is 6.61 Å². The molecule has 1 heterocycles. The van der Waals surface area contributed by atoms with Crippen LogP contribution in [0.25, 0.3) is 5.76 Å². The molecular weight excluding hydrogens is 174 g/mol. The van der Waals surface area contributed by atoms with E-state index in [1.165, 1.54) is 0 Å². The molecule has 0 bridgehead atoms. The fourth-order valence-corrected chi connectivity index (χ4v) is 1.11. The minimum atomic E-state index is 0.669. The Kier molecular flexibility index (Phi) is 4.17. The molecule has 0 radical (unpaired) electrons. The topological polar surface area (TPSA) is 22.1 Å². The minimum absolute atomic E-state index is 0.669. The molecular formula is C12H17NO. The SMILES string of the molecule is C=C(OCCCC)c1cccc(C)n1. The molecule has 0 fully saturated rings. The van der Waals surface area contributed by atoms with Crippen LogP contribution in [0.1, 0.15) is 31.2 Å². The first kappa shape index (κ1) is 10.8. The van der Waals surface area contributed by atoms with Crippen molar-refractivity contribution in [1.29, 1.82) is 0 Å². The summed E-state index contributed by atoms with van der Waals surface area (Å²) in [5, 5.41) is 0. The zero-order chi connectivity index (χ0) is 10.4. The molecule has 0 aliphatic carbocycles. The van der Waals surface area contributed by atoms with Crippen LogP contribution in [-0.4, -0.2) is 11.6 Å². The predicted octanol–water partition coefficient (Wildman–Crippen LogP) is 3.18. The first-order valence-electron chi connectivity index (χ1n) is 4.99. The van der Waals surface area contributed by atoms with Gasteiger partial charge in [0.25, 0.3) is 0 Å². The molecule has 14 heavy (non-hydrogen) atoms. The molecule has 0 saturated heterocycles. The number of aryl methyl sites for hydroxylation is 1. The van der Waals surface area contributed by atoms with Crippen LogP contribution in [0.15, 0.2) is 24.8 Å². The summed E-state index contributed by atoms with van der Waals surface area (Å²) in [5.74, 6) is 0.669. The lowest BCUT2D eigenvalue weighted by Gasteiger charge is -2.07. The van der Waals surface area contributed by atoms with Crippen LogP contribution >= 0.6 is 0 Å². The summed E-state index contributed by atoms with van der Waals surface area (Å²) in [6.45, 7) is 8.68. The number of nitrogens with zero attached hydrogens (tertiary/aromatic N) is 1. The highest BCUT2D eigenvalue weighted by molar-refractivity contribution is 5.53. The van der Waals surface area contributed by atoms with Crippen LogP contribution in [0, 0.1) is 6.92 Å². The van der Waals surface area contributed by atoms with Crippen molar-refractivity contribution in [2.45, 2.75) is 26.7 Å². The van der Waals surface area contributed by atoms with Crippen LogP contribution in [0.5, 0.6) is 0 Å². The number of aromatic nitrogens is 1. The molecule has 2 heteroatoms. The highest BCUT2D eigenvalue weighted by atomic mass is 16.5. The first-order valence-corrected chi connectivity index (χ1v) is 4.99. The Morgan fingerprint density at radius 1 is 1.50 bits per heavy atom. The lowest BCUT2D eigenvalue weighted by atomic mass is 10.3. The van der Waals surface area contributed by atoms with Crippen molar-refractivity contribution < 1.29 is 4.74 Å². The molecule has 1 rings (SSSR count). The minimum Gasteiger partial charge on any atom is -0.492 e. The molecule has 1 aromatic heterocycles. The van der Waals surface area contributed by atoms with Gasteiger partial charge < -0.3 is 4.74 Å². The number of pyridine rings is 1. The van der Waals surface area contributed by atoms with Crippen molar-refractivity contribution in [2.75, 3.05) is 6.61 Å². The summed E-state index contributed by atoms with van der Waals surface area (Å²) in [5.41, 5.74) is 1.82. The van der Waals surface area contributed by atoms with E-state index < -0.39 is 0 Å². The van der Waals surface area contributed by atoms with Gasteiger partial charge >= 0.3 is 0 Å². The fraction of sp³-hybridized carbons (Fsp3) is 0.417. The lowest BCUT2D eigenvalue weighted by molar-refractivity contribution is 0.270. The third-order valence-corrected chi connectivity index (χ3v) is 1.95. The Labute approximate surface area is 85.6 Å². The van der Waals surface area contributed by atoms with Gasteiger partial charge in [0.15, 0.2) is 0 Å². The number of ether oxygens (including phenoxy) is 1. The van der Waals surface area contributed by atoms with Gasteiger partial charge in [0.1, 0.15) is 11.5 Å². The van der Waals surface area contributed by atoms with E-state index >= 15 is 0 Å². The number of hydrogen-bond acceptors (Lipinski definition) is 2. The summed E-state index contributed by atoms with van der Waals surface area (Å²) >= 11 is 0. The van der Waals surface area contributed by atoms with Crippen molar-refractivity contribution in [1.82, 2.24) is 4.98 Å². The third kappa shape index (κ3) is 3.21. The molecule has 0 aliphatic rings. The van der Waals surface area contributed by atoms with Crippen molar-refractivity contribution in [3.8, 4) is 0 Å². The average molecular weight is 191 g/mol. The Hall–Kier alpha value is -1.31. The lowest BCUT2D eigenvalue weighted by Crippen LogP contribution is -1.96. The van der Waals surface area contributed by atoms with E-state index in [1.807, 2.05) is 25.1 Å². The molecule has 0 amide bonds. The molecule has 0 spiro atoms. The van der Waals surface area contributed by atoms with Crippen LogP contribution in [0.3, 0.4) is 0 Å². The van der Waals surface area contributed by atoms with E-state index in [-0.39, 0.29) is 0 Å². The molecule has 0 N–H and O–H groups in total. The molecule has 2 nitrogen and oxygen atoms in total. The Morgan fingerprint density at radius 2 is 2.29 bits per heavy atom. The third-order valence-electron chi connectivity index (χ3n) is 1.95. The quantitative estimate of drug-likeness (QED) is 0.526. The molecule has 0 atom stereocenters. The van der Waals surface area contributed by atoms with E-state index in [9.17, 15) is 0 Å². The highest BCUT2D eigenvalue weighted by Gasteiger charge is 2.00. The fourth-order valence-electron chi connectivity index (χ4n) is 1.11. The normalized spacial score (nSPS) is 9.86. The van der Waals surface area contributed by atoms with E-state index in [4.69, 9.17) is 4.74 Å². The molecule has 0 aliphatic heterocycles. The van der Waals surface area contributed by atoms with Gasteiger partial charge in [-0.05, 0) is 25.5 Å². The van der Waals surface area contributed by atoms with Gasteiger partial charge in [-0.25, -0.2) is 4.98 Å². The Balaban J connectivity index is 2.52. The van der Waals surface area contributed by atoms with Crippen LogP contribution in [0.4, 0.5) is 0 Å². The van der Waals surface area contributed by atoms with Crippen molar-refractivity contribution in [3.05, 3.63) is 36.2 Å². The second-order valence-corrected chi connectivity index (χ2v) is 3.29. The van der Waals surface area contributed by atoms with Gasteiger partial charge in [-0.2, -0.15) is 0 Å². The maximum Gasteiger partial charge on any atom is 0.137 e. The number of hydrogen-bond donors (Lipinski definition) is 0.